The van der Waals surface area contributed by atoms with Crippen molar-refractivity contribution in [2.75, 3.05) is 7.11 Å². The number of rotatable bonds is 1. The van der Waals surface area contributed by atoms with Crippen molar-refractivity contribution in [1.82, 2.24) is 10.6 Å². The predicted molar refractivity (Wildman–Crippen MR) is 113 cm³/mol. The second-order valence-electron chi connectivity index (χ2n) is 7.57. The Morgan fingerprint density at radius 3 is 2.69 bits per heavy atom. The van der Waals surface area contributed by atoms with Crippen molar-refractivity contribution in [1.29, 1.82) is 0 Å². The minimum Gasteiger partial charge on any atom is -0.468 e. The van der Waals surface area contributed by atoms with E-state index in [-0.39, 0.29) is 17.9 Å². The fourth-order valence-corrected chi connectivity index (χ4v) is 4.48. The fourth-order valence-electron chi connectivity index (χ4n) is 4.48. The summed E-state index contributed by atoms with van der Waals surface area (Å²) in [5, 5.41) is 6.66. The molecule has 0 aromatic heterocycles. The number of methoxy groups -OCH3 is 1. The number of allylic oxidation sites excluding steroid dienone is 3. The maximum absolute atomic E-state index is 12.4. The number of carbonyl (C=O) groups excluding carboxylic acids is 1. The molecule has 0 fully saturated rings. The zero-order valence-corrected chi connectivity index (χ0v) is 16.3. The molecule has 0 spiro atoms. The summed E-state index contributed by atoms with van der Waals surface area (Å²) in [6, 6.07) is 17.5. The Morgan fingerprint density at radius 2 is 1.86 bits per heavy atom. The van der Waals surface area contributed by atoms with Crippen molar-refractivity contribution in [3.05, 3.63) is 83.2 Å². The van der Waals surface area contributed by atoms with E-state index in [1.807, 2.05) is 6.08 Å². The van der Waals surface area contributed by atoms with E-state index in [4.69, 9.17) is 9.73 Å². The summed E-state index contributed by atoms with van der Waals surface area (Å²) in [7, 11) is 1.60. The van der Waals surface area contributed by atoms with Crippen LogP contribution in [0.3, 0.4) is 0 Å². The van der Waals surface area contributed by atoms with E-state index in [1.165, 1.54) is 22.3 Å². The number of fused-ring (bicyclic) bond motifs is 3. The second-order valence-corrected chi connectivity index (χ2v) is 7.57. The zero-order valence-electron chi connectivity index (χ0n) is 16.3. The molecule has 2 N–H and O–H groups in total. The largest absolute Gasteiger partial charge is 0.468 e. The van der Waals surface area contributed by atoms with Gasteiger partial charge >= 0.3 is 0 Å². The van der Waals surface area contributed by atoms with Gasteiger partial charge in [-0.15, -0.1) is 0 Å². The molecule has 2 aliphatic carbocycles. The molecule has 146 valence electrons. The van der Waals surface area contributed by atoms with Crippen molar-refractivity contribution in [2.24, 2.45) is 4.99 Å². The van der Waals surface area contributed by atoms with E-state index in [2.05, 4.69) is 59.2 Å². The second kappa shape index (κ2) is 7.24. The highest BCUT2D eigenvalue weighted by Gasteiger charge is 2.34. The molecule has 5 heteroatoms. The average molecular weight is 385 g/mol. The number of carbonyl (C=O) groups is 1. The lowest BCUT2D eigenvalue weighted by atomic mass is 9.77. The summed E-state index contributed by atoms with van der Waals surface area (Å²) in [6.45, 7) is 0. The van der Waals surface area contributed by atoms with Crippen molar-refractivity contribution in [3.8, 4) is 11.1 Å². The molecule has 0 saturated carbocycles. The van der Waals surface area contributed by atoms with E-state index < -0.39 is 0 Å². The van der Waals surface area contributed by atoms with Crippen LogP contribution in [0.2, 0.25) is 0 Å². The highest BCUT2D eigenvalue weighted by Crippen LogP contribution is 2.41. The Labute approximate surface area is 170 Å². The number of ether oxygens (including phenoxy) is 1. The first-order valence-electron chi connectivity index (χ1n) is 10.0. The quantitative estimate of drug-likeness (QED) is 0.736. The Morgan fingerprint density at radius 1 is 1.07 bits per heavy atom. The lowest BCUT2D eigenvalue weighted by Crippen LogP contribution is -2.48. The number of benzene rings is 2. The van der Waals surface area contributed by atoms with Gasteiger partial charge < -0.3 is 10.1 Å². The molecule has 29 heavy (non-hydrogen) atoms. The predicted octanol–water partition coefficient (Wildman–Crippen LogP) is 3.65. The lowest BCUT2D eigenvalue weighted by Gasteiger charge is -2.36. The molecule has 0 radical (unpaired) electrons. The van der Waals surface area contributed by atoms with Gasteiger partial charge in [-0.05, 0) is 47.6 Å². The molecule has 0 saturated heterocycles. The molecular weight excluding hydrogens is 362 g/mol. The summed E-state index contributed by atoms with van der Waals surface area (Å²) in [5.41, 5.74) is 5.88. The summed E-state index contributed by atoms with van der Waals surface area (Å²) < 4.78 is 5.46. The van der Waals surface area contributed by atoms with Gasteiger partial charge in [-0.1, -0.05) is 54.6 Å². The molecule has 2 unspecified atom stereocenters. The Balaban J connectivity index is 1.57. The molecule has 3 aliphatic rings. The molecule has 2 aromatic rings. The highest BCUT2D eigenvalue weighted by atomic mass is 16.5. The van der Waals surface area contributed by atoms with Crippen LogP contribution in [0.5, 0.6) is 0 Å². The van der Waals surface area contributed by atoms with Crippen LogP contribution < -0.4 is 10.6 Å². The normalized spacial score (nSPS) is 25.3. The standard InChI is InChI=1S/C24H23N3O2/c1-29-24-26-22(19-12-6-7-13-21(19)28)25-23(27-24)20-14-15-8-2-3-9-16(15)17-10-4-5-11-18(17)20/h2-5,7-11,13,20,23,25H,6,12,14H2,1H3,(H,26,27). The highest BCUT2D eigenvalue weighted by molar-refractivity contribution is 6.05. The van der Waals surface area contributed by atoms with Crippen LogP contribution in [-0.4, -0.2) is 25.1 Å². The minimum atomic E-state index is -0.220. The first-order valence-corrected chi connectivity index (χ1v) is 10.0. The van der Waals surface area contributed by atoms with Crippen LogP contribution in [0.4, 0.5) is 0 Å². The number of aliphatic imine (C=N–C) groups is 1. The van der Waals surface area contributed by atoms with Crippen LogP contribution in [0.15, 0.2) is 77.1 Å². The maximum Gasteiger partial charge on any atom is 0.292 e. The van der Waals surface area contributed by atoms with Crippen LogP contribution in [0.1, 0.15) is 29.9 Å². The van der Waals surface area contributed by atoms with Crippen molar-refractivity contribution < 1.29 is 9.53 Å². The third-order valence-electron chi connectivity index (χ3n) is 5.89. The van der Waals surface area contributed by atoms with Crippen LogP contribution in [0.25, 0.3) is 11.1 Å². The number of hydrogen-bond acceptors (Lipinski definition) is 5. The Kier molecular flexibility index (Phi) is 4.43. The summed E-state index contributed by atoms with van der Waals surface area (Å²) in [4.78, 5) is 17.2. The van der Waals surface area contributed by atoms with E-state index in [0.717, 1.165) is 18.4 Å². The molecule has 1 aliphatic heterocycles. The van der Waals surface area contributed by atoms with Gasteiger partial charge in [-0.25, -0.2) is 4.99 Å². The van der Waals surface area contributed by atoms with Gasteiger partial charge in [0.05, 0.1) is 7.11 Å². The first-order chi connectivity index (χ1) is 14.2. The Bertz CT molecular complexity index is 1070. The van der Waals surface area contributed by atoms with Gasteiger partial charge in [0.1, 0.15) is 12.0 Å². The Hall–Kier alpha value is -3.34. The molecule has 2 aromatic carbocycles. The number of nitrogens with zero attached hydrogens (tertiary/aromatic N) is 1. The monoisotopic (exact) mass is 385 g/mol. The summed E-state index contributed by atoms with van der Waals surface area (Å²) in [5.74, 6) is 0.891. The van der Waals surface area contributed by atoms with Crippen LogP contribution in [0, 0.1) is 0 Å². The zero-order chi connectivity index (χ0) is 19.8. The van der Waals surface area contributed by atoms with Crippen molar-refractivity contribution >= 4 is 11.8 Å². The number of amidine groups is 1. The van der Waals surface area contributed by atoms with Gasteiger partial charge in [-0.2, -0.15) is 0 Å². The number of nitrogens with one attached hydrogen (secondary N) is 2. The first kappa shape index (κ1) is 17.7. The topological polar surface area (TPSA) is 62.7 Å². The van der Waals surface area contributed by atoms with Gasteiger partial charge in [0, 0.05) is 11.5 Å². The smallest absolute Gasteiger partial charge is 0.292 e. The van der Waals surface area contributed by atoms with Gasteiger partial charge in [0.15, 0.2) is 5.78 Å². The van der Waals surface area contributed by atoms with E-state index in [0.29, 0.717) is 18.3 Å². The van der Waals surface area contributed by atoms with E-state index in [1.54, 1.807) is 13.2 Å². The van der Waals surface area contributed by atoms with Crippen molar-refractivity contribution in [3.63, 3.8) is 0 Å². The minimum absolute atomic E-state index is 0.0387. The van der Waals surface area contributed by atoms with Crippen molar-refractivity contribution in [2.45, 2.75) is 31.3 Å². The lowest BCUT2D eigenvalue weighted by molar-refractivity contribution is -0.111. The average Bonchev–Trinajstić information content (AvgIpc) is 2.78. The molecule has 2 atom stereocenters. The van der Waals surface area contributed by atoms with E-state index in [9.17, 15) is 4.79 Å². The van der Waals surface area contributed by atoms with Crippen LogP contribution >= 0.6 is 0 Å². The molecule has 0 amide bonds. The molecular formula is C24H23N3O2. The third kappa shape index (κ3) is 3.12. The molecule has 5 rings (SSSR count). The third-order valence-corrected chi connectivity index (χ3v) is 5.89. The maximum atomic E-state index is 12.4. The number of hydrogen-bond donors (Lipinski definition) is 2. The van der Waals surface area contributed by atoms with Gasteiger partial charge in [0.25, 0.3) is 6.02 Å². The fraction of sp³-hybridized carbons (Fsp3) is 0.250. The SMILES string of the molecule is COC1=NC(C2Cc3ccccc3-c3ccccc32)NC(=C2CCC=CC2=O)N1. The molecule has 0 bridgehead atoms. The molecule has 1 heterocycles. The summed E-state index contributed by atoms with van der Waals surface area (Å²) in [6.07, 6.45) is 5.79. The molecule has 5 nitrogen and oxygen atoms in total. The van der Waals surface area contributed by atoms with Gasteiger partial charge in [0.2, 0.25) is 0 Å². The van der Waals surface area contributed by atoms with E-state index >= 15 is 0 Å². The van der Waals surface area contributed by atoms with Crippen LogP contribution in [-0.2, 0) is 16.0 Å². The number of ketones is 1. The van der Waals surface area contributed by atoms with Gasteiger partial charge in [-0.3, -0.25) is 10.1 Å². The summed E-state index contributed by atoms with van der Waals surface area (Å²) >= 11 is 0.